The van der Waals surface area contributed by atoms with Crippen LogP contribution in [0.2, 0.25) is 0 Å². The fourth-order valence-corrected chi connectivity index (χ4v) is 3.23. The number of hydrogen-bond donors (Lipinski definition) is 0. The summed E-state index contributed by atoms with van der Waals surface area (Å²) in [7, 11) is 0. The molecule has 2 aromatic rings. The Morgan fingerprint density at radius 2 is 1.85 bits per heavy atom. The molecule has 1 unspecified atom stereocenters. The van der Waals surface area contributed by atoms with Crippen LogP contribution in [0.5, 0.6) is 17.4 Å². The van der Waals surface area contributed by atoms with Gasteiger partial charge in [-0.15, -0.1) is 0 Å². The van der Waals surface area contributed by atoms with Crippen molar-refractivity contribution < 1.29 is 14.2 Å². The Kier molecular flexibility index (Phi) is 5.06. The largest absolute Gasteiger partial charge is 0.486 e. The molecule has 1 aromatic carbocycles. The first kappa shape index (κ1) is 16.9. The van der Waals surface area contributed by atoms with Crippen LogP contribution in [0.25, 0.3) is 0 Å². The van der Waals surface area contributed by atoms with Crippen LogP contribution in [0.1, 0.15) is 6.92 Å². The molecule has 1 fully saturated rings. The fourth-order valence-electron chi connectivity index (χ4n) is 3.23. The maximum atomic E-state index is 5.96. The lowest BCUT2D eigenvalue weighted by Gasteiger charge is -2.35. The standard InChI is InChI=1S/C19H24N4O3/c1-2-22-9-11-23(12-10-22)18-19(21-8-7-20-18)25-14-15-13-24-16-5-3-4-6-17(16)26-15/h3-8,15H,2,9-14H2,1H3. The Morgan fingerprint density at radius 3 is 2.65 bits per heavy atom. The molecule has 0 saturated carbocycles. The summed E-state index contributed by atoms with van der Waals surface area (Å²) in [5.41, 5.74) is 0. The van der Waals surface area contributed by atoms with Crippen molar-refractivity contribution in [2.75, 3.05) is 50.8 Å². The van der Waals surface area contributed by atoms with Gasteiger partial charge in [-0.3, -0.25) is 0 Å². The lowest BCUT2D eigenvalue weighted by Crippen LogP contribution is -2.46. The molecule has 3 heterocycles. The van der Waals surface area contributed by atoms with Crippen LogP contribution in [0.4, 0.5) is 5.82 Å². The van der Waals surface area contributed by atoms with Crippen molar-refractivity contribution in [3.8, 4) is 17.4 Å². The highest BCUT2D eigenvalue weighted by molar-refractivity contribution is 5.48. The quantitative estimate of drug-likeness (QED) is 0.810. The number of fused-ring (bicyclic) bond motifs is 1. The minimum Gasteiger partial charge on any atom is -0.486 e. The first-order valence-electron chi connectivity index (χ1n) is 9.13. The van der Waals surface area contributed by atoms with Gasteiger partial charge in [0.1, 0.15) is 13.2 Å². The Bertz CT molecular complexity index is 734. The molecule has 0 spiro atoms. The molecule has 2 aliphatic heterocycles. The molecular weight excluding hydrogens is 332 g/mol. The van der Waals surface area contributed by atoms with Crippen LogP contribution >= 0.6 is 0 Å². The van der Waals surface area contributed by atoms with Crippen molar-refractivity contribution in [1.82, 2.24) is 14.9 Å². The molecule has 1 saturated heterocycles. The molecule has 0 bridgehead atoms. The Balaban J connectivity index is 1.39. The van der Waals surface area contributed by atoms with Gasteiger partial charge in [-0.2, -0.15) is 0 Å². The van der Waals surface area contributed by atoms with E-state index in [0.29, 0.717) is 19.1 Å². The van der Waals surface area contributed by atoms with Gasteiger partial charge in [0, 0.05) is 38.6 Å². The van der Waals surface area contributed by atoms with E-state index in [-0.39, 0.29) is 6.10 Å². The van der Waals surface area contributed by atoms with Crippen LogP contribution in [-0.4, -0.2) is 66.9 Å². The summed E-state index contributed by atoms with van der Waals surface area (Å²) in [4.78, 5) is 13.6. The van der Waals surface area contributed by atoms with Crippen molar-refractivity contribution >= 4 is 5.82 Å². The third kappa shape index (κ3) is 3.67. The average molecular weight is 356 g/mol. The number of piperazine rings is 1. The van der Waals surface area contributed by atoms with Crippen molar-refractivity contribution in [2.24, 2.45) is 0 Å². The minimum atomic E-state index is -0.170. The number of hydrogen-bond acceptors (Lipinski definition) is 7. The summed E-state index contributed by atoms with van der Waals surface area (Å²) in [5, 5.41) is 0. The van der Waals surface area contributed by atoms with Crippen molar-refractivity contribution in [3.05, 3.63) is 36.7 Å². The number of likely N-dealkylation sites (N-methyl/N-ethyl adjacent to an activating group) is 1. The van der Waals surface area contributed by atoms with Gasteiger partial charge in [-0.05, 0) is 18.7 Å². The lowest BCUT2D eigenvalue weighted by molar-refractivity contribution is 0.0522. The molecule has 0 radical (unpaired) electrons. The summed E-state index contributed by atoms with van der Waals surface area (Å²) >= 11 is 0. The minimum absolute atomic E-state index is 0.170. The zero-order chi connectivity index (χ0) is 17.8. The summed E-state index contributed by atoms with van der Waals surface area (Å²) in [5.74, 6) is 2.89. The second-order valence-electron chi connectivity index (χ2n) is 6.42. The highest BCUT2D eigenvalue weighted by Crippen LogP contribution is 2.31. The molecular formula is C19H24N4O3. The molecule has 138 valence electrons. The number of anilines is 1. The SMILES string of the molecule is CCN1CCN(c2nccnc2OCC2COc3ccccc3O2)CC1. The molecule has 0 N–H and O–H groups in total. The molecule has 0 aliphatic carbocycles. The van der Waals surface area contributed by atoms with E-state index in [1.807, 2.05) is 24.3 Å². The van der Waals surface area contributed by atoms with Crippen LogP contribution in [0.3, 0.4) is 0 Å². The van der Waals surface area contributed by atoms with Crippen LogP contribution in [0.15, 0.2) is 36.7 Å². The van der Waals surface area contributed by atoms with Gasteiger partial charge < -0.3 is 24.0 Å². The lowest BCUT2D eigenvalue weighted by atomic mass is 10.3. The van der Waals surface area contributed by atoms with Crippen molar-refractivity contribution in [1.29, 1.82) is 0 Å². The van der Waals surface area contributed by atoms with Gasteiger partial charge >= 0.3 is 0 Å². The van der Waals surface area contributed by atoms with Gasteiger partial charge in [-0.25, -0.2) is 9.97 Å². The maximum absolute atomic E-state index is 5.96. The van der Waals surface area contributed by atoms with Gasteiger partial charge in [-0.1, -0.05) is 19.1 Å². The van der Waals surface area contributed by atoms with E-state index < -0.39 is 0 Å². The van der Waals surface area contributed by atoms with E-state index in [9.17, 15) is 0 Å². The van der Waals surface area contributed by atoms with Crippen LogP contribution in [0, 0.1) is 0 Å². The highest BCUT2D eigenvalue weighted by atomic mass is 16.6. The van der Waals surface area contributed by atoms with Crippen LogP contribution < -0.4 is 19.1 Å². The summed E-state index contributed by atoms with van der Waals surface area (Å²) in [6.45, 7) is 8.02. The number of rotatable bonds is 5. The number of aromatic nitrogens is 2. The number of ether oxygens (including phenoxy) is 3. The number of para-hydroxylation sites is 2. The predicted molar refractivity (Wildman–Crippen MR) is 98.2 cm³/mol. The number of benzene rings is 1. The second kappa shape index (κ2) is 7.78. The molecule has 0 amide bonds. The second-order valence-corrected chi connectivity index (χ2v) is 6.42. The third-order valence-electron chi connectivity index (χ3n) is 4.74. The Labute approximate surface area is 153 Å². The average Bonchev–Trinajstić information content (AvgIpc) is 2.72. The van der Waals surface area contributed by atoms with E-state index in [0.717, 1.165) is 50.0 Å². The van der Waals surface area contributed by atoms with Crippen molar-refractivity contribution in [3.63, 3.8) is 0 Å². The molecule has 2 aliphatic rings. The molecule has 7 heteroatoms. The van der Waals surface area contributed by atoms with E-state index >= 15 is 0 Å². The maximum Gasteiger partial charge on any atom is 0.257 e. The summed E-state index contributed by atoms with van der Waals surface area (Å²) < 4.78 is 17.7. The normalized spacial score (nSPS) is 20.0. The third-order valence-corrected chi connectivity index (χ3v) is 4.74. The van der Waals surface area contributed by atoms with E-state index in [4.69, 9.17) is 14.2 Å². The van der Waals surface area contributed by atoms with Gasteiger partial charge in [0.2, 0.25) is 0 Å². The predicted octanol–water partition coefficient (Wildman–Crippen LogP) is 1.84. The van der Waals surface area contributed by atoms with E-state index in [2.05, 4.69) is 26.7 Å². The van der Waals surface area contributed by atoms with Crippen molar-refractivity contribution in [2.45, 2.75) is 13.0 Å². The monoisotopic (exact) mass is 356 g/mol. The van der Waals surface area contributed by atoms with Gasteiger partial charge in [0.25, 0.3) is 5.88 Å². The zero-order valence-corrected chi connectivity index (χ0v) is 15.0. The zero-order valence-electron chi connectivity index (χ0n) is 15.0. The smallest absolute Gasteiger partial charge is 0.257 e. The Morgan fingerprint density at radius 1 is 1.08 bits per heavy atom. The summed E-state index contributed by atoms with van der Waals surface area (Å²) in [6.07, 6.45) is 3.20. The highest BCUT2D eigenvalue weighted by Gasteiger charge is 2.24. The van der Waals surface area contributed by atoms with Gasteiger partial charge in [0.05, 0.1) is 0 Å². The molecule has 1 atom stereocenters. The number of nitrogens with zero attached hydrogens (tertiary/aromatic N) is 4. The first-order valence-corrected chi connectivity index (χ1v) is 9.13. The van der Waals surface area contributed by atoms with Gasteiger partial charge in [0.15, 0.2) is 23.4 Å². The molecule has 7 nitrogen and oxygen atoms in total. The Hall–Kier alpha value is -2.54. The molecule has 4 rings (SSSR count). The first-order chi connectivity index (χ1) is 12.8. The fraction of sp³-hybridized carbons (Fsp3) is 0.474. The van der Waals surface area contributed by atoms with E-state index in [1.165, 1.54) is 0 Å². The topological polar surface area (TPSA) is 60.0 Å². The van der Waals surface area contributed by atoms with Crippen LogP contribution in [-0.2, 0) is 0 Å². The molecule has 26 heavy (non-hydrogen) atoms. The molecule has 1 aromatic heterocycles. The van der Waals surface area contributed by atoms with E-state index in [1.54, 1.807) is 12.4 Å². The summed E-state index contributed by atoms with van der Waals surface area (Å²) in [6, 6.07) is 7.68.